The van der Waals surface area contributed by atoms with E-state index in [4.69, 9.17) is 11.6 Å². The molecule has 116 valence electrons. The molecule has 5 nitrogen and oxygen atoms in total. The Bertz CT molecular complexity index is 470. The number of nitrogens with zero attached hydrogens (tertiary/aromatic N) is 2. The molecule has 1 atom stereocenters. The van der Waals surface area contributed by atoms with Crippen LogP contribution in [-0.4, -0.2) is 53.2 Å². The van der Waals surface area contributed by atoms with Crippen molar-refractivity contribution in [1.29, 1.82) is 0 Å². The minimum Gasteiger partial charge on any atom is -0.395 e. The first-order valence-electron chi connectivity index (χ1n) is 7.45. The van der Waals surface area contributed by atoms with E-state index in [-0.39, 0.29) is 18.6 Å². The fourth-order valence-electron chi connectivity index (χ4n) is 2.70. The number of piperidine rings is 1. The predicted molar refractivity (Wildman–Crippen MR) is 82.5 cm³/mol. The third-order valence-electron chi connectivity index (χ3n) is 3.88. The van der Waals surface area contributed by atoms with E-state index in [1.807, 2.05) is 0 Å². The Balaban J connectivity index is 1.72. The maximum atomic E-state index is 12.0. The Morgan fingerprint density at radius 3 is 3.14 bits per heavy atom. The molecule has 1 aromatic heterocycles. The average Bonchev–Trinajstić information content (AvgIpc) is 2.52. The number of halogens is 1. The van der Waals surface area contributed by atoms with Gasteiger partial charge in [0.2, 0.25) is 0 Å². The zero-order chi connectivity index (χ0) is 15.1. The average molecular weight is 312 g/mol. The summed E-state index contributed by atoms with van der Waals surface area (Å²) in [6.45, 7) is 2.76. The molecule has 1 aliphatic rings. The van der Waals surface area contributed by atoms with Crippen molar-refractivity contribution in [3.8, 4) is 0 Å². The number of hydrogen-bond donors (Lipinski definition) is 2. The number of aromatic nitrogens is 1. The second-order valence-corrected chi connectivity index (χ2v) is 5.74. The Morgan fingerprint density at radius 1 is 1.52 bits per heavy atom. The third-order valence-corrected chi connectivity index (χ3v) is 4.19. The lowest BCUT2D eigenvalue weighted by molar-refractivity contribution is 0.0868. The highest BCUT2D eigenvalue weighted by molar-refractivity contribution is 6.33. The van der Waals surface area contributed by atoms with Gasteiger partial charge in [-0.2, -0.15) is 0 Å². The minimum atomic E-state index is -0.167. The Labute approximate surface area is 130 Å². The summed E-state index contributed by atoms with van der Waals surface area (Å²) in [6, 6.07) is 1.90. The Kier molecular flexibility index (Phi) is 6.42. The van der Waals surface area contributed by atoms with Crippen molar-refractivity contribution >= 4 is 17.5 Å². The fourth-order valence-corrected chi connectivity index (χ4v) is 2.90. The van der Waals surface area contributed by atoms with E-state index in [2.05, 4.69) is 15.2 Å². The van der Waals surface area contributed by atoms with Crippen LogP contribution < -0.4 is 5.32 Å². The molecule has 0 bridgehead atoms. The molecule has 21 heavy (non-hydrogen) atoms. The second kappa shape index (κ2) is 8.32. The van der Waals surface area contributed by atoms with Crippen LogP contribution >= 0.6 is 11.6 Å². The number of amides is 1. The van der Waals surface area contributed by atoms with Gasteiger partial charge in [0.15, 0.2) is 0 Å². The molecule has 2 heterocycles. The molecule has 1 saturated heterocycles. The standard InChI is InChI=1S/C15H22ClN3O2/c16-14-10-17-7-5-13(14)15(21)18-6-3-9-19-8-2-1-4-12(19)11-20/h5,7,10,12,20H,1-4,6,8-9,11H2,(H,18,21). The van der Waals surface area contributed by atoms with Crippen LogP contribution in [0.4, 0.5) is 0 Å². The molecule has 1 aromatic rings. The van der Waals surface area contributed by atoms with E-state index in [0.717, 1.165) is 25.9 Å². The highest BCUT2D eigenvalue weighted by atomic mass is 35.5. The van der Waals surface area contributed by atoms with Crippen molar-refractivity contribution < 1.29 is 9.90 Å². The van der Waals surface area contributed by atoms with E-state index in [1.54, 1.807) is 12.3 Å². The summed E-state index contributed by atoms with van der Waals surface area (Å²) < 4.78 is 0. The topological polar surface area (TPSA) is 65.5 Å². The summed E-state index contributed by atoms with van der Waals surface area (Å²) in [7, 11) is 0. The van der Waals surface area contributed by atoms with Crippen molar-refractivity contribution in [1.82, 2.24) is 15.2 Å². The van der Waals surface area contributed by atoms with Crippen molar-refractivity contribution in [2.75, 3.05) is 26.2 Å². The molecule has 0 spiro atoms. The van der Waals surface area contributed by atoms with Crippen LogP contribution in [0.5, 0.6) is 0 Å². The van der Waals surface area contributed by atoms with Gasteiger partial charge in [-0.05, 0) is 31.9 Å². The van der Waals surface area contributed by atoms with E-state index in [1.165, 1.54) is 19.0 Å². The van der Waals surface area contributed by atoms with Crippen molar-refractivity contribution in [2.45, 2.75) is 31.7 Å². The van der Waals surface area contributed by atoms with Crippen LogP contribution in [0.1, 0.15) is 36.0 Å². The summed E-state index contributed by atoms with van der Waals surface area (Å²) in [5.41, 5.74) is 0.456. The maximum absolute atomic E-state index is 12.0. The lowest BCUT2D eigenvalue weighted by Crippen LogP contribution is -2.43. The Hall–Kier alpha value is -1.17. The van der Waals surface area contributed by atoms with Gasteiger partial charge in [-0.3, -0.25) is 14.7 Å². The maximum Gasteiger partial charge on any atom is 0.252 e. The number of carbonyl (C=O) groups excluding carboxylic acids is 1. The van der Waals surface area contributed by atoms with Crippen LogP contribution in [0.25, 0.3) is 0 Å². The lowest BCUT2D eigenvalue weighted by atomic mass is 10.0. The normalized spacial score (nSPS) is 19.4. The van der Waals surface area contributed by atoms with Crippen molar-refractivity contribution in [3.05, 3.63) is 29.0 Å². The zero-order valence-corrected chi connectivity index (χ0v) is 12.9. The highest BCUT2D eigenvalue weighted by Gasteiger charge is 2.20. The molecule has 1 unspecified atom stereocenters. The number of aliphatic hydroxyl groups is 1. The lowest BCUT2D eigenvalue weighted by Gasteiger charge is -2.34. The first kappa shape index (κ1) is 16.2. The molecular formula is C15H22ClN3O2. The number of likely N-dealkylation sites (tertiary alicyclic amines) is 1. The van der Waals surface area contributed by atoms with E-state index in [0.29, 0.717) is 17.1 Å². The van der Waals surface area contributed by atoms with Gasteiger partial charge < -0.3 is 10.4 Å². The fraction of sp³-hybridized carbons (Fsp3) is 0.600. The first-order valence-corrected chi connectivity index (χ1v) is 7.83. The van der Waals surface area contributed by atoms with Crippen LogP contribution in [-0.2, 0) is 0 Å². The molecule has 1 amide bonds. The summed E-state index contributed by atoms with van der Waals surface area (Å²) >= 11 is 5.93. The molecule has 0 aromatic carbocycles. The van der Waals surface area contributed by atoms with Crippen molar-refractivity contribution in [3.63, 3.8) is 0 Å². The molecule has 0 radical (unpaired) electrons. The summed E-state index contributed by atoms with van der Waals surface area (Å²) in [6.07, 6.45) is 7.34. The van der Waals surface area contributed by atoms with Crippen LogP contribution in [0.15, 0.2) is 18.5 Å². The molecule has 0 aliphatic carbocycles. The largest absolute Gasteiger partial charge is 0.395 e. The third kappa shape index (κ3) is 4.66. The van der Waals surface area contributed by atoms with Crippen LogP contribution in [0.3, 0.4) is 0 Å². The first-order chi connectivity index (χ1) is 10.2. The summed E-state index contributed by atoms with van der Waals surface area (Å²) in [5.74, 6) is -0.167. The number of pyridine rings is 1. The van der Waals surface area contributed by atoms with Gasteiger partial charge in [-0.15, -0.1) is 0 Å². The molecule has 1 aliphatic heterocycles. The van der Waals surface area contributed by atoms with Crippen molar-refractivity contribution in [2.24, 2.45) is 0 Å². The SMILES string of the molecule is O=C(NCCCN1CCCCC1CO)c1ccncc1Cl. The van der Waals surface area contributed by atoms with Gasteiger partial charge in [-0.1, -0.05) is 18.0 Å². The molecule has 2 rings (SSSR count). The number of rotatable bonds is 6. The van der Waals surface area contributed by atoms with Gasteiger partial charge in [0, 0.05) is 31.5 Å². The minimum absolute atomic E-state index is 0.167. The van der Waals surface area contributed by atoms with Gasteiger partial charge in [0.25, 0.3) is 5.91 Å². The number of hydrogen-bond acceptors (Lipinski definition) is 4. The molecular weight excluding hydrogens is 290 g/mol. The van der Waals surface area contributed by atoms with E-state index >= 15 is 0 Å². The Morgan fingerprint density at radius 2 is 2.38 bits per heavy atom. The van der Waals surface area contributed by atoms with E-state index < -0.39 is 0 Å². The molecule has 2 N–H and O–H groups in total. The van der Waals surface area contributed by atoms with Gasteiger partial charge in [0.1, 0.15) is 0 Å². The molecule has 0 saturated carbocycles. The molecule has 1 fully saturated rings. The monoisotopic (exact) mass is 311 g/mol. The van der Waals surface area contributed by atoms with Crippen LogP contribution in [0, 0.1) is 0 Å². The van der Waals surface area contributed by atoms with Gasteiger partial charge in [0.05, 0.1) is 17.2 Å². The number of aliphatic hydroxyl groups excluding tert-OH is 1. The smallest absolute Gasteiger partial charge is 0.252 e. The van der Waals surface area contributed by atoms with Crippen LogP contribution in [0.2, 0.25) is 5.02 Å². The van der Waals surface area contributed by atoms with Gasteiger partial charge in [-0.25, -0.2) is 0 Å². The highest BCUT2D eigenvalue weighted by Crippen LogP contribution is 2.16. The quantitative estimate of drug-likeness (QED) is 0.785. The zero-order valence-electron chi connectivity index (χ0n) is 12.1. The summed E-state index contributed by atoms with van der Waals surface area (Å²) in [5, 5.41) is 12.6. The second-order valence-electron chi connectivity index (χ2n) is 5.33. The van der Waals surface area contributed by atoms with E-state index in [9.17, 15) is 9.90 Å². The van der Waals surface area contributed by atoms with Gasteiger partial charge >= 0.3 is 0 Å². The molecule has 6 heteroatoms. The number of nitrogens with one attached hydrogen (secondary N) is 1. The summed E-state index contributed by atoms with van der Waals surface area (Å²) in [4.78, 5) is 18.1. The number of carbonyl (C=O) groups is 1. The predicted octanol–water partition coefficient (Wildman–Crippen LogP) is 1.70.